The van der Waals surface area contributed by atoms with Crippen molar-refractivity contribution in [2.45, 2.75) is 19.4 Å². The average Bonchev–Trinajstić information content (AvgIpc) is 3.29. The molecule has 172 valence electrons. The number of aliphatic hydroxyl groups is 1. The maximum absolute atomic E-state index is 12.0. The predicted molar refractivity (Wildman–Crippen MR) is 130 cm³/mol. The summed E-state index contributed by atoms with van der Waals surface area (Å²) in [5.41, 5.74) is 5.75. The molecule has 0 saturated heterocycles. The van der Waals surface area contributed by atoms with Crippen LogP contribution in [0.1, 0.15) is 33.2 Å². The van der Waals surface area contributed by atoms with Crippen LogP contribution in [0.25, 0.3) is 11.3 Å². The Kier molecular flexibility index (Phi) is 5.92. The number of carbonyl (C=O) groups excluding carboxylic acids is 1. The molecule has 5 rings (SSSR count). The molecule has 0 unspecified atom stereocenters. The summed E-state index contributed by atoms with van der Waals surface area (Å²) in [5, 5.41) is 26.8. The highest BCUT2D eigenvalue weighted by Crippen LogP contribution is 2.30. The van der Waals surface area contributed by atoms with Crippen LogP contribution in [0.15, 0.2) is 60.8 Å². The van der Waals surface area contributed by atoms with E-state index in [2.05, 4.69) is 31.1 Å². The number of fused-ring (bicyclic) bond motifs is 1. The van der Waals surface area contributed by atoms with Gasteiger partial charge in [0.2, 0.25) is 5.95 Å². The monoisotopic (exact) mass is 455 g/mol. The summed E-state index contributed by atoms with van der Waals surface area (Å²) in [4.78, 5) is 21.2. The van der Waals surface area contributed by atoms with Crippen molar-refractivity contribution >= 4 is 23.4 Å². The minimum atomic E-state index is -0.356. The van der Waals surface area contributed by atoms with Crippen molar-refractivity contribution in [3.63, 3.8) is 0 Å². The zero-order valence-corrected chi connectivity index (χ0v) is 18.7. The highest BCUT2D eigenvalue weighted by molar-refractivity contribution is 5.97. The average molecular weight is 456 g/mol. The minimum absolute atomic E-state index is 0.0508. The molecule has 9 heteroatoms. The van der Waals surface area contributed by atoms with Gasteiger partial charge in [0.05, 0.1) is 23.9 Å². The Morgan fingerprint density at radius 3 is 2.74 bits per heavy atom. The molecule has 3 heterocycles. The molecule has 1 amide bonds. The van der Waals surface area contributed by atoms with Crippen molar-refractivity contribution in [3.8, 4) is 11.3 Å². The number of aromatic nitrogens is 4. The molecule has 5 N–H and O–H groups in total. The normalized spacial score (nSPS) is 13.6. The molecule has 1 aliphatic heterocycles. The van der Waals surface area contributed by atoms with Gasteiger partial charge >= 0.3 is 0 Å². The van der Waals surface area contributed by atoms with Gasteiger partial charge in [-0.3, -0.25) is 9.89 Å². The highest BCUT2D eigenvalue weighted by Gasteiger charge is 2.19. The van der Waals surface area contributed by atoms with Crippen LogP contribution < -0.4 is 16.0 Å². The van der Waals surface area contributed by atoms with E-state index < -0.39 is 0 Å². The van der Waals surface area contributed by atoms with Gasteiger partial charge in [-0.1, -0.05) is 30.3 Å². The number of benzene rings is 2. The highest BCUT2D eigenvalue weighted by atomic mass is 16.3. The first kappa shape index (κ1) is 21.6. The summed E-state index contributed by atoms with van der Waals surface area (Å²) in [6, 6.07) is 16.9. The maximum atomic E-state index is 12.0. The van der Waals surface area contributed by atoms with Crippen molar-refractivity contribution < 1.29 is 9.90 Å². The van der Waals surface area contributed by atoms with Gasteiger partial charge in [-0.15, -0.1) is 0 Å². The Morgan fingerprint density at radius 2 is 1.97 bits per heavy atom. The van der Waals surface area contributed by atoms with E-state index in [9.17, 15) is 9.90 Å². The number of anilines is 3. The van der Waals surface area contributed by atoms with Crippen LogP contribution in [0.3, 0.4) is 0 Å². The van der Waals surface area contributed by atoms with Crippen LogP contribution in [0, 0.1) is 6.92 Å². The molecular weight excluding hydrogens is 430 g/mol. The number of amides is 1. The molecule has 9 nitrogen and oxygen atoms in total. The van der Waals surface area contributed by atoms with E-state index in [1.54, 1.807) is 6.20 Å². The first-order chi connectivity index (χ1) is 16.6. The van der Waals surface area contributed by atoms with E-state index in [4.69, 9.17) is 4.98 Å². The fourth-order valence-electron chi connectivity index (χ4n) is 4.02. The largest absolute Gasteiger partial charge is 0.394 e. The van der Waals surface area contributed by atoms with E-state index in [1.807, 2.05) is 61.5 Å². The zero-order chi connectivity index (χ0) is 23.5. The molecule has 2 aromatic heterocycles. The summed E-state index contributed by atoms with van der Waals surface area (Å²) < 4.78 is 0. The van der Waals surface area contributed by atoms with Gasteiger partial charge in [0.15, 0.2) is 0 Å². The van der Waals surface area contributed by atoms with E-state index in [0.29, 0.717) is 35.1 Å². The zero-order valence-electron chi connectivity index (χ0n) is 18.7. The number of rotatable bonds is 7. The van der Waals surface area contributed by atoms with E-state index in [1.165, 1.54) is 0 Å². The molecule has 0 fully saturated rings. The number of nitrogens with one attached hydrogen (secondary N) is 4. The molecule has 0 spiro atoms. The predicted octanol–water partition coefficient (Wildman–Crippen LogP) is 3.35. The third-order valence-electron chi connectivity index (χ3n) is 5.75. The second-order valence-corrected chi connectivity index (χ2v) is 8.19. The van der Waals surface area contributed by atoms with Crippen molar-refractivity contribution in [1.29, 1.82) is 0 Å². The van der Waals surface area contributed by atoms with Crippen molar-refractivity contribution in [2.24, 2.45) is 0 Å². The number of carbonyl (C=O) groups is 1. The second kappa shape index (κ2) is 9.32. The summed E-state index contributed by atoms with van der Waals surface area (Å²) in [5.74, 6) is 0.887. The number of nitrogens with zero attached hydrogens (tertiary/aromatic N) is 3. The second-order valence-electron chi connectivity index (χ2n) is 8.19. The maximum Gasteiger partial charge on any atom is 0.251 e. The summed E-state index contributed by atoms with van der Waals surface area (Å²) in [6.45, 7) is 2.44. The topological polar surface area (TPSA) is 128 Å². The van der Waals surface area contributed by atoms with Crippen LogP contribution in [0.4, 0.5) is 17.5 Å². The standard InChI is InChI=1S/C25H25N7O2/c1-15-11-21(32-31-15)20-13-27-25(28-18-7-8-19-17(12-18)9-10-26-24(19)34)30-23(20)29-22(14-33)16-5-3-2-4-6-16/h2-8,11-13,22,33H,9-10,14H2,1H3,(H,26,34)(H,31,32)(H2,27,28,29,30)/t22-/m1/s1. The van der Waals surface area contributed by atoms with Gasteiger partial charge < -0.3 is 21.1 Å². The lowest BCUT2D eigenvalue weighted by molar-refractivity contribution is 0.0946. The molecule has 0 saturated carbocycles. The number of aromatic amines is 1. The number of aliphatic hydroxyl groups excluding tert-OH is 1. The number of H-pyrrole nitrogens is 1. The number of aryl methyl sites for hydroxylation is 1. The number of hydrogen-bond acceptors (Lipinski definition) is 7. The summed E-state index contributed by atoms with van der Waals surface area (Å²) in [7, 11) is 0. The van der Waals surface area contributed by atoms with Crippen LogP contribution in [0.2, 0.25) is 0 Å². The fraction of sp³-hybridized carbons (Fsp3) is 0.200. The lowest BCUT2D eigenvalue weighted by atomic mass is 10.00. The fourth-order valence-corrected chi connectivity index (χ4v) is 4.02. The van der Waals surface area contributed by atoms with E-state index >= 15 is 0 Å². The summed E-state index contributed by atoms with van der Waals surface area (Å²) >= 11 is 0. The Morgan fingerprint density at radius 1 is 1.12 bits per heavy atom. The van der Waals surface area contributed by atoms with Gasteiger partial charge in [0.25, 0.3) is 5.91 Å². The van der Waals surface area contributed by atoms with Gasteiger partial charge in [0, 0.05) is 29.7 Å². The third-order valence-corrected chi connectivity index (χ3v) is 5.75. The molecule has 1 aliphatic rings. The van der Waals surface area contributed by atoms with Crippen LogP contribution >= 0.6 is 0 Å². The van der Waals surface area contributed by atoms with E-state index in [-0.39, 0.29) is 18.6 Å². The third kappa shape index (κ3) is 4.46. The molecule has 2 aromatic carbocycles. The van der Waals surface area contributed by atoms with Crippen molar-refractivity contribution in [1.82, 2.24) is 25.5 Å². The molecule has 34 heavy (non-hydrogen) atoms. The Hall–Kier alpha value is -4.24. The van der Waals surface area contributed by atoms with Gasteiger partial charge in [-0.25, -0.2) is 4.98 Å². The van der Waals surface area contributed by atoms with Crippen LogP contribution in [0.5, 0.6) is 0 Å². The first-order valence-electron chi connectivity index (χ1n) is 11.1. The summed E-state index contributed by atoms with van der Waals surface area (Å²) in [6.07, 6.45) is 2.48. The molecular formula is C25H25N7O2. The molecule has 0 bridgehead atoms. The first-order valence-corrected chi connectivity index (χ1v) is 11.1. The minimum Gasteiger partial charge on any atom is -0.394 e. The lowest BCUT2D eigenvalue weighted by Gasteiger charge is -2.20. The van der Waals surface area contributed by atoms with Crippen molar-refractivity contribution in [3.05, 3.63) is 83.2 Å². The van der Waals surface area contributed by atoms with Gasteiger partial charge in [-0.2, -0.15) is 10.1 Å². The molecule has 0 aliphatic carbocycles. The molecule has 0 radical (unpaired) electrons. The quantitative estimate of drug-likeness (QED) is 0.289. The Labute approximate surface area is 196 Å². The van der Waals surface area contributed by atoms with E-state index in [0.717, 1.165) is 28.9 Å². The van der Waals surface area contributed by atoms with Crippen LogP contribution in [-0.4, -0.2) is 44.3 Å². The van der Waals surface area contributed by atoms with Gasteiger partial charge in [-0.05, 0) is 48.7 Å². The SMILES string of the molecule is Cc1cc(-c2cnc(Nc3ccc4c(c3)CCNC4=O)nc2N[C@H](CO)c2ccccc2)n[nH]1. The van der Waals surface area contributed by atoms with Crippen molar-refractivity contribution in [2.75, 3.05) is 23.8 Å². The molecule has 1 atom stereocenters. The smallest absolute Gasteiger partial charge is 0.251 e. The Bertz CT molecular complexity index is 1320. The number of hydrogen-bond donors (Lipinski definition) is 5. The molecule has 4 aromatic rings. The van der Waals surface area contributed by atoms with Crippen LogP contribution in [-0.2, 0) is 6.42 Å². The lowest BCUT2D eigenvalue weighted by Crippen LogP contribution is -2.31. The van der Waals surface area contributed by atoms with Gasteiger partial charge in [0.1, 0.15) is 5.82 Å². The Balaban J connectivity index is 1.48.